The first-order valence-electron chi connectivity index (χ1n) is 7.12. The zero-order valence-electron chi connectivity index (χ0n) is 11.8. The molecule has 1 aromatic heterocycles. The van der Waals surface area contributed by atoms with Gasteiger partial charge in [-0.1, -0.05) is 19.3 Å². The number of hydrogen-bond donors (Lipinski definition) is 2. The number of aryl methyl sites for hydroxylation is 1. The van der Waals surface area contributed by atoms with Crippen molar-refractivity contribution in [2.45, 2.75) is 51.1 Å². The number of rotatable bonds is 4. The molecule has 1 fully saturated rings. The number of nitrogens with one attached hydrogen (secondary N) is 1. The van der Waals surface area contributed by atoms with Gasteiger partial charge in [0, 0.05) is 24.8 Å². The lowest BCUT2D eigenvalue weighted by molar-refractivity contribution is -0.123. The molecule has 2 atom stereocenters. The van der Waals surface area contributed by atoms with Gasteiger partial charge in [-0.15, -0.1) is 0 Å². The first-order valence-corrected chi connectivity index (χ1v) is 7.12. The van der Waals surface area contributed by atoms with E-state index in [9.17, 15) is 4.79 Å². The van der Waals surface area contributed by atoms with E-state index >= 15 is 0 Å². The van der Waals surface area contributed by atoms with Crippen molar-refractivity contribution < 1.29 is 4.79 Å². The van der Waals surface area contributed by atoms with Crippen molar-refractivity contribution in [1.82, 2.24) is 15.1 Å². The van der Waals surface area contributed by atoms with Gasteiger partial charge in [-0.25, -0.2) is 0 Å². The topological polar surface area (TPSA) is 72.9 Å². The van der Waals surface area contributed by atoms with Crippen molar-refractivity contribution in [2.24, 2.45) is 18.7 Å². The second-order valence-electron chi connectivity index (χ2n) is 5.62. The third-order valence-electron chi connectivity index (χ3n) is 4.09. The SMILES string of the molecule is C[C@@H](NC(=O)C(N)c1cnn(C)c1)C1CCCCC1. The summed E-state index contributed by atoms with van der Waals surface area (Å²) in [6.07, 6.45) is 9.74. The molecule has 19 heavy (non-hydrogen) atoms. The maximum atomic E-state index is 12.1. The van der Waals surface area contributed by atoms with Crippen LogP contribution in [0.5, 0.6) is 0 Å². The van der Waals surface area contributed by atoms with Crippen LogP contribution in [0.4, 0.5) is 0 Å². The number of amides is 1. The Labute approximate surface area is 114 Å². The smallest absolute Gasteiger partial charge is 0.241 e. The first kappa shape index (κ1) is 14.1. The lowest BCUT2D eigenvalue weighted by Gasteiger charge is -2.29. The molecule has 0 bridgehead atoms. The van der Waals surface area contributed by atoms with Gasteiger partial charge in [0.05, 0.1) is 6.20 Å². The summed E-state index contributed by atoms with van der Waals surface area (Å²) in [5.74, 6) is 0.491. The van der Waals surface area contributed by atoms with Crippen LogP contribution in [-0.4, -0.2) is 21.7 Å². The van der Waals surface area contributed by atoms with E-state index in [1.807, 2.05) is 7.05 Å². The van der Waals surface area contributed by atoms with Gasteiger partial charge >= 0.3 is 0 Å². The van der Waals surface area contributed by atoms with Gasteiger partial charge in [0.25, 0.3) is 0 Å². The summed E-state index contributed by atoms with van der Waals surface area (Å²) < 4.78 is 1.66. The molecular formula is C14H24N4O. The predicted octanol–water partition coefficient (Wildman–Crippen LogP) is 1.50. The van der Waals surface area contributed by atoms with Crippen LogP contribution in [-0.2, 0) is 11.8 Å². The maximum Gasteiger partial charge on any atom is 0.241 e. The largest absolute Gasteiger partial charge is 0.352 e. The monoisotopic (exact) mass is 264 g/mol. The second kappa shape index (κ2) is 6.19. The Hall–Kier alpha value is -1.36. The quantitative estimate of drug-likeness (QED) is 0.865. The van der Waals surface area contributed by atoms with Crippen LogP contribution in [0, 0.1) is 5.92 Å². The summed E-state index contributed by atoms with van der Waals surface area (Å²) in [6, 6.07) is -0.421. The van der Waals surface area contributed by atoms with Gasteiger partial charge in [-0.05, 0) is 25.7 Å². The zero-order chi connectivity index (χ0) is 13.8. The molecule has 106 valence electrons. The Morgan fingerprint density at radius 3 is 2.74 bits per heavy atom. The number of hydrogen-bond acceptors (Lipinski definition) is 3. The van der Waals surface area contributed by atoms with Crippen molar-refractivity contribution in [3.63, 3.8) is 0 Å². The minimum Gasteiger partial charge on any atom is -0.352 e. The summed E-state index contributed by atoms with van der Waals surface area (Å²) in [7, 11) is 1.82. The Morgan fingerprint density at radius 2 is 2.16 bits per heavy atom. The highest BCUT2D eigenvalue weighted by molar-refractivity contribution is 5.83. The van der Waals surface area contributed by atoms with Crippen molar-refractivity contribution in [2.75, 3.05) is 0 Å². The molecule has 0 saturated heterocycles. The molecule has 5 nitrogen and oxygen atoms in total. The summed E-state index contributed by atoms with van der Waals surface area (Å²) in [4.78, 5) is 12.1. The average molecular weight is 264 g/mol. The molecule has 5 heteroatoms. The molecule has 2 rings (SSSR count). The Balaban J connectivity index is 1.89. The highest BCUT2D eigenvalue weighted by Gasteiger charge is 2.24. The second-order valence-corrected chi connectivity index (χ2v) is 5.62. The van der Waals surface area contributed by atoms with Crippen molar-refractivity contribution in [1.29, 1.82) is 0 Å². The Morgan fingerprint density at radius 1 is 1.47 bits per heavy atom. The number of carbonyl (C=O) groups excluding carboxylic acids is 1. The Kier molecular flexibility index (Phi) is 4.58. The van der Waals surface area contributed by atoms with Crippen LogP contribution in [0.3, 0.4) is 0 Å². The lowest BCUT2D eigenvalue weighted by atomic mass is 9.84. The van der Waals surface area contributed by atoms with Gasteiger partial charge in [0.1, 0.15) is 6.04 Å². The third-order valence-corrected chi connectivity index (χ3v) is 4.09. The number of aromatic nitrogens is 2. The molecule has 1 saturated carbocycles. The molecule has 1 unspecified atom stereocenters. The fourth-order valence-corrected chi connectivity index (χ4v) is 2.82. The summed E-state index contributed by atoms with van der Waals surface area (Å²) >= 11 is 0. The van der Waals surface area contributed by atoms with E-state index in [1.165, 1.54) is 32.1 Å². The molecule has 1 aliphatic rings. The van der Waals surface area contributed by atoms with Crippen LogP contribution >= 0.6 is 0 Å². The fourth-order valence-electron chi connectivity index (χ4n) is 2.82. The normalized spacial score (nSPS) is 19.9. The molecule has 0 aliphatic heterocycles. The van der Waals surface area contributed by atoms with Gasteiger partial charge in [0.15, 0.2) is 0 Å². The predicted molar refractivity (Wildman–Crippen MR) is 74.3 cm³/mol. The zero-order valence-corrected chi connectivity index (χ0v) is 11.8. The van der Waals surface area contributed by atoms with E-state index in [0.29, 0.717) is 5.92 Å². The molecule has 1 aromatic rings. The van der Waals surface area contributed by atoms with Gasteiger partial charge in [-0.3, -0.25) is 9.48 Å². The van der Waals surface area contributed by atoms with Crippen LogP contribution < -0.4 is 11.1 Å². The minimum atomic E-state index is -0.625. The van der Waals surface area contributed by atoms with E-state index in [2.05, 4.69) is 17.3 Å². The third kappa shape index (κ3) is 3.56. The maximum absolute atomic E-state index is 12.1. The van der Waals surface area contributed by atoms with Gasteiger partial charge < -0.3 is 11.1 Å². The molecule has 0 spiro atoms. The van der Waals surface area contributed by atoms with E-state index in [4.69, 9.17) is 5.73 Å². The summed E-state index contributed by atoms with van der Waals surface area (Å²) in [5.41, 5.74) is 6.72. The molecule has 1 amide bonds. The molecule has 0 radical (unpaired) electrons. The van der Waals surface area contributed by atoms with E-state index in [0.717, 1.165) is 5.56 Å². The van der Waals surface area contributed by atoms with Crippen molar-refractivity contribution in [3.8, 4) is 0 Å². The molecule has 0 aromatic carbocycles. The molecule has 3 N–H and O–H groups in total. The highest BCUT2D eigenvalue weighted by atomic mass is 16.2. The van der Waals surface area contributed by atoms with Crippen LogP contribution in [0.15, 0.2) is 12.4 Å². The van der Waals surface area contributed by atoms with Crippen molar-refractivity contribution >= 4 is 5.91 Å². The lowest BCUT2D eigenvalue weighted by Crippen LogP contribution is -2.43. The van der Waals surface area contributed by atoms with E-state index < -0.39 is 6.04 Å². The van der Waals surface area contributed by atoms with Crippen LogP contribution in [0.2, 0.25) is 0 Å². The number of nitrogens with zero attached hydrogens (tertiary/aromatic N) is 2. The van der Waals surface area contributed by atoms with E-state index in [1.54, 1.807) is 17.1 Å². The van der Waals surface area contributed by atoms with E-state index in [-0.39, 0.29) is 11.9 Å². The number of carbonyl (C=O) groups is 1. The number of nitrogens with two attached hydrogens (primary N) is 1. The molecule has 1 aliphatic carbocycles. The first-order chi connectivity index (χ1) is 9.08. The Bertz CT molecular complexity index is 423. The average Bonchev–Trinajstić information content (AvgIpc) is 2.85. The van der Waals surface area contributed by atoms with Crippen molar-refractivity contribution in [3.05, 3.63) is 18.0 Å². The minimum absolute atomic E-state index is 0.105. The molecule has 1 heterocycles. The molecular weight excluding hydrogens is 240 g/mol. The summed E-state index contributed by atoms with van der Waals surface area (Å²) in [6.45, 7) is 2.09. The fraction of sp³-hybridized carbons (Fsp3) is 0.714. The van der Waals surface area contributed by atoms with Crippen LogP contribution in [0.25, 0.3) is 0 Å². The standard InChI is InChI=1S/C14H24N4O/c1-10(11-6-4-3-5-7-11)17-14(19)13(15)12-8-16-18(2)9-12/h8-11,13H,3-7,15H2,1-2H3,(H,17,19)/t10-,13?/m1/s1. The van der Waals surface area contributed by atoms with Gasteiger partial charge in [-0.2, -0.15) is 5.10 Å². The summed E-state index contributed by atoms with van der Waals surface area (Å²) in [5, 5.41) is 7.10. The van der Waals surface area contributed by atoms with Gasteiger partial charge in [0.2, 0.25) is 5.91 Å². The van der Waals surface area contributed by atoms with Crippen LogP contribution in [0.1, 0.15) is 50.6 Å². The highest BCUT2D eigenvalue weighted by Crippen LogP contribution is 2.26.